The van der Waals surface area contributed by atoms with Gasteiger partial charge in [0.05, 0.1) is 11.9 Å². The molecule has 0 aromatic heterocycles. The number of hydrogen-bond donors (Lipinski definition) is 0. The van der Waals surface area contributed by atoms with E-state index in [1.54, 1.807) is 0 Å². The highest BCUT2D eigenvalue weighted by molar-refractivity contribution is 5.82. The average molecular weight is 313 g/mol. The van der Waals surface area contributed by atoms with Gasteiger partial charge in [0.2, 0.25) is 0 Å². The molecule has 1 aromatic carbocycles. The summed E-state index contributed by atoms with van der Waals surface area (Å²) in [5, 5.41) is 0. The Morgan fingerprint density at radius 2 is 1.91 bits per heavy atom. The number of benzene rings is 1. The maximum Gasteiger partial charge on any atom is 0.0992 e. The van der Waals surface area contributed by atoms with Crippen molar-refractivity contribution in [2.24, 2.45) is 4.99 Å². The summed E-state index contributed by atoms with van der Waals surface area (Å²) in [4.78, 5) is 7.94. The highest BCUT2D eigenvalue weighted by Crippen LogP contribution is 2.37. The van der Waals surface area contributed by atoms with E-state index < -0.39 is 0 Å². The third-order valence-corrected chi connectivity index (χ3v) is 5.50. The van der Waals surface area contributed by atoms with Crippen molar-refractivity contribution in [2.45, 2.75) is 76.7 Å². The SMILES string of the molecule is CCCCN1CCCCCC1=N[C@@H]1CCC[C@@H]1c1ccccc1. The topological polar surface area (TPSA) is 15.6 Å². The zero-order valence-corrected chi connectivity index (χ0v) is 14.7. The lowest BCUT2D eigenvalue weighted by Gasteiger charge is -2.26. The molecule has 2 aliphatic rings. The van der Waals surface area contributed by atoms with E-state index in [-0.39, 0.29) is 0 Å². The Labute approximate surface area is 142 Å². The average Bonchev–Trinajstić information content (AvgIpc) is 2.94. The Morgan fingerprint density at radius 3 is 2.74 bits per heavy atom. The third-order valence-electron chi connectivity index (χ3n) is 5.50. The fraction of sp³-hybridized carbons (Fsp3) is 0.667. The summed E-state index contributed by atoms with van der Waals surface area (Å²) in [5.74, 6) is 2.06. The van der Waals surface area contributed by atoms with E-state index in [4.69, 9.17) is 4.99 Å². The molecule has 2 heteroatoms. The molecule has 3 rings (SSSR count). The van der Waals surface area contributed by atoms with Crippen molar-refractivity contribution >= 4 is 5.84 Å². The molecule has 2 fully saturated rings. The third kappa shape index (κ3) is 4.37. The van der Waals surface area contributed by atoms with Crippen LogP contribution in [0.1, 0.15) is 76.2 Å². The molecule has 0 bridgehead atoms. The highest BCUT2D eigenvalue weighted by Gasteiger charge is 2.29. The van der Waals surface area contributed by atoms with Crippen LogP contribution in [0.5, 0.6) is 0 Å². The first-order chi connectivity index (χ1) is 11.4. The van der Waals surface area contributed by atoms with Crippen LogP contribution < -0.4 is 0 Å². The van der Waals surface area contributed by atoms with Crippen molar-refractivity contribution in [1.29, 1.82) is 0 Å². The molecular formula is C21H32N2. The van der Waals surface area contributed by atoms with Gasteiger partial charge in [0.15, 0.2) is 0 Å². The molecule has 0 radical (unpaired) electrons. The van der Waals surface area contributed by atoms with Gasteiger partial charge in [-0.05, 0) is 37.7 Å². The van der Waals surface area contributed by atoms with Gasteiger partial charge in [0, 0.05) is 25.4 Å². The predicted molar refractivity (Wildman–Crippen MR) is 99.2 cm³/mol. The summed E-state index contributed by atoms with van der Waals surface area (Å²) in [6, 6.07) is 11.6. The van der Waals surface area contributed by atoms with Crippen LogP contribution >= 0.6 is 0 Å². The minimum absolute atomic E-state index is 0.509. The first-order valence-electron chi connectivity index (χ1n) is 9.75. The highest BCUT2D eigenvalue weighted by atomic mass is 15.2. The number of hydrogen-bond acceptors (Lipinski definition) is 1. The minimum atomic E-state index is 0.509. The van der Waals surface area contributed by atoms with Gasteiger partial charge >= 0.3 is 0 Å². The number of rotatable bonds is 5. The molecule has 0 N–H and O–H groups in total. The minimum Gasteiger partial charge on any atom is -0.360 e. The second-order valence-corrected chi connectivity index (χ2v) is 7.21. The molecular weight excluding hydrogens is 280 g/mol. The van der Waals surface area contributed by atoms with Crippen LogP contribution in [0.2, 0.25) is 0 Å². The molecule has 0 unspecified atom stereocenters. The second-order valence-electron chi connectivity index (χ2n) is 7.21. The molecule has 2 nitrogen and oxygen atoms in total. The number of amidine groups is 1. The monoisotopic (exact) mass is 312 g/mol. The van der Waals surface area contributed by atoms with E-state index in [1.807, 2.05) is 0 Å². The van der Waals surface area contributed by atoms with Crippen molar-refractivity contribution in [2.75, 3.05) is 13.1 Å². The smallest absolute Gasteiger partial charge is 0.0992 e. The summed E-state index contributed by atoms with van der Waals surface area (Å²) in [6.07, 6.45) is 11.7. The number of likely N-dealkylation sites (tertiary alicyclic amines) is 1. The zero-order valence-electron chi connectivity index (χ0n) is 14.7. The van der Waals surface area contributed by atoms with Crippen LogP contribution in [0.4, 0.5) is 0 Å². The molecule has 1 aromatic rings. The van der Waals surface area contributed by atoms with Crippen molar-refractivity contribution < 1.29 is 0 Å². The van der Waals surface area contributed by atoms with Crippen molar-refractivity contribution in [3.8, 4) is 0 Å². The van der Waals surface area contributed by atoms with Crippen molar-refractivity contribution in [1.82, 2.24) is 4.90 Å². The predicted octanol–water partition coefficient (Wildman–Crippen LogP) is 5.40. The van der Waals surface area contributed by atoms with E-state index in [0.717, 1.165) is 0 Å². The van der Waals surface area contributed by atoms with Crippen molar-refractivity contribution in [3.05, 3.63) is 35.9 Å². The molecule has 1 saturated carbocycles. The normalized spacial score (nSPS) is 27.3. The van der Waals surface area contributed by atoms with Gasteiger partial charge in [0.25, 0.3) is 0 Å². The van der Waals surface area contributed by atoms with E-state index in [2.05, 4.69) is 42.2 Å². The second kappa shape index (κ2) is 8.52. The Hall–Kier alpha value is -1.31. The standard InChI is InChI=1S/C21H32N2/c1-2-3-16-23-17-9-5-8-15-21(23)22-20-14-10-13-19(20)18-11-6-4-7-12-18/h4,6-7,11-12,19-20H,2-3,5,8-10,13-17H2,1H3/t19-,20-/m1/s1. The Balaban J connectivity index is 1.76. The largest absolute Gasteiger partial charge is 0.360 e. The quantitative estimate of drug-likeness (QED) is 0.711. The summed E-state index contributed by atoms with van der Waals surface area (Å²) in [5.41, 5.74) is 1.49. The first-order valence-corrected chi connectivity index (χ1v) is 9.75. The number of nitrogens with zero attached hydrogens (tertiary/aromatic N) is 2. The maximum atomic E-state index is 5.33. The van der Waals surface area contributed by atoms with Crippen LogP contribution in [0.3, 0.4) is 0 Å². The van der Waals surface area contributed by atoms with Gasteiger partial charge < -0.3 is 4.90 Å². The number of aliphatic imine (C=N–C) groups is 1. The Morgan fingerprint density at radius 1 is 1.04 bits per heavy atom. The number of unbranched alkanes of at least 4 members (excludes halogenated alkanes) is 1. The van der Waals surface area contributed by atoms with Crippen molar-refractivity contribution in [3.63, 3.8) is 0 Å². The molecule has 2 atom stereocenters. The lowest BCUT2D eigenvalue weighted by atomic mass is 9.94. The van der Waals surface area contributed by atoms with Crippen LogP contribution in [-0.2, 0) is 0 Å². The molecule has 1 aliphatic heterocycles. The maximum absolute atomic E-state index is 5.33. The van der Waals surface area contributed by atoms with E-state index in [0.29, 0.717) is 12.0 Å². The molecule has 0 spiro atoms. The van der Waals surface area contributed by atoms with Crippen LogP contribution in [0, 0.1) is 0 Å². The van der Waals surface area contributed by atoms with Crippen LogP contribution in [-0.4, -0.2) is 29.9 Å². The van der Waals surface area contributed by atoms with Gasteiger partial charge in [-0.15, -0.1) is 0 Å². The molecule has 23 heavy (non-hydrogen) atoms. The van der Waals surface area contributed by atoms with Gasteiger partial charge in [-0.3, -0.25) is 4.99 Å². The molecule has 126 valence electrons. The van der Waals surface area contributed by atoms with Crippen LogP contribution in [0.25, 0.3) is 0 Å². The summed E-state index contributed by atoms with van der Waals surface area (Å²) in [7, 11) is 0. The molecule has 1 heterocycles. The van der Waals surface area contributed by atoms with E-state index in [1.165, 1.54) is 82.3 Å². The lowest BCUT2D eigenvalue weighted by Crippen LogP contribution is -2.33. The Bertz CT molecular complexity index is 494. The van der Waals surface area contributed by atoms with Gasteiger partial charge in [0.1, 0.15) is 0 Å². The lowest BCUT2D eigenvalue weighted by molar-refractivity contribution is 0.399. The van der Waals surface area contributed by atoms with Gasteiger partial charge in [-0.25, -0.2) is 0 Å². The molecule has 1 saturated heterocycles. The summed E-state index contributed by atoms with van der Waals surface area (Å²) >= 11 is 0. The van der Waals surface area contributed by atoms with E-state index in [9.17, 15) is 0 Å². The van der Waals surface area contributed by atoms with Gasteiger partial charge in [-0.1, -0.05) is 56.5 Å². The molecule has 1 aliphatic carbocycles. The fourth-order valence-corrected chi connectivity index (χ4v) is 4.16. The van der Waals surface area contributed by atoms with Crippen LogP contribution in [0.15, 0.2) is 35.3 Å². The summed E-state index contributed by atoms with van der Waals surface area (Å²) < 4.78 is 0. The fourth-order valence-electron chi connectivity index (χ4n) is 4.16. The van der Waals surface area contributed by atoms with E-state index >= 15 is 0 Å². The Kier molecular flexibility index (Phi) is 6.13. The molecule has 0 amide bonds. The van der Waals surface area contributed by atoms with Gasteiger partial charge in [-0.2, -0.15) is 0 Å². The first kappa shape index (κ1) is 16.5. The summed E-state index contributed by atoms with van der Waals surface area (Å²) in [6.45, 7) is 4.72. The zero-order chi connectivity index (χ0) is 15.9.